The van der Waals surface area contributed by atoms with Gasteiger partial charge in [0.2, 0.25) is 0 Å². The maximum absolute atomic E-state index is 5.51. The summed E-state index contributed by atoms with van der Waals surface area (Å²) in [4.78, 5) is 14.2. The highest BCUT2D eigenvalue weighted by molar-refractivity contribution is 9.11. The molecule has 7 aromatic rings. The van der Waals surface area contributed by atoms with Crippen LogP contribution in [0.4, 0.5) is 11.4 Å². The van der Waals surface area contributed by atoms with Crippen LogP contribution in [-0.2, 0) is 0 Å². The molecule has 0 radical (unpaired) electrons. The lowest BCUT2D eigenvalue weighted by molar-refractivity contribution is 0.698. The Morgan fingerprint density at radius 1 is 0.438 bits per heavy atom. The third-order valence-corrected chi connectivity index (χ3v) is 9.93. The second-order valence-electron chi connectivity index (χ2n) is 11.5. The van der Waals surface area contributed by atoms with E-state index >= 15 is 0 Å². The molecule has 0 atom stereocenters. The van der Waals surface area contributed by atoms with Crippen molar-refractivity contribution in [3.63, 3.8) is 0 Å². The van der Waals surface area contributed by atoms with E-state index in [0.717, 1.165) is 71.2 Å². The van der Waals surface area contributed by atoms with Crippen molar-refractivity contribution in [2.75, 3.05) is 9.80 Å². The molecule has 4 nitrogen and oxygen atoms in total. The highest BCUT2D eigenvalue weighted by Gasteiger charge is 2.45. The van der Waals surface area contributed by atoms with Gasteiger partial charge in [-0.05, 0) is 56.1 Å². The first-order valence-corrected chi connectivity index (χ1v) is 17.4. The number of hydrogen-bond donors (Lipinski definition) is 1. The second-order valence-corrected chi connectivity index (χ2v) is 13.2. The second kappa shape index (κ2) is 13.1. The van der Waals surface area contributed by atoms with E-state index in [2.05, 4.69) is 204 Å². The number of benzene rings is 6. The minimum Gasteiger partial charge on any atom is -0.338 e. The molecule has 1 aliphatic heterocycles. The molecule has 48 heavy (non-hydrogen) atoms. The van der Waals surface area contributed by atoms with E-state index in [-0.39, 0.29) is 0 Å². The number of H-pyrrole nitrogens is 1. The van der Waals surface area contributed by atoms with Gasteiger partial charge in [-0.15, -0.1) is 0 Å². The average Bonchev–Trinajstić information content (AvgIpc) is 3.74. The number of hydrogen-bond acceptors (Lipinski definition) is 3. The number of aromatic nitrogens is 2. The van der Waals surface area contributed by atoms with Crippen molar-refractivity contribution in [3.8, 4) is 22.5 Å². The van der Waals surface area contributed by atoms with Crippen molar-refractivity contribution < 1.29 is 0 Å². The summed E-state index contributed by atoms with van der Waals surface area (Å²) in [6.45, 7) is 0. The maximum atomic E-state index is 5.51. The SMILES string of the molecule is Brc1ccccc1N1C(c2ccccc2)=C(c2ccccc2)N(c2ccccc2Br)C1c1nc(-c2ccccc2)c(-c2ccccc2)[nH]1. The van der Waals surface area contributed by atoms with Gasteiger partial charge in [0, 0.05) is 31.2 Å². The van der Waals surface area contributed by atoms with Gasteiger partial charge in [0.15, 0.2) is 12.0 Å². The van der Waals surface area contributed by atoms with Crippen molar-refractivity contribution in [2.24, 2.45) is 0 Å². The van der Waals surface area contributed by atoms with Crippen molar-refractivity contribution in [3.05, 3.63) is 196 Å². The summed E-state index contributed by atoms with van der Waals surface area (Å²) in [5, 5.41) is 0. The summed E-state index contributed by atoms with van der Waals surface area (Å²) in [6.07, 6.45) is -0.396. The van der Waals surface area contributed by atoms with E-state index in [1.165, 1.54) is 0 Å². The van der Waals surface area contributed by atoms with Crippen molar-refractivity contribution in [1.29, 1.82) is 0 Å². The number of nitrogens with one attached hydrogen (secondary N) is 1. The van der Waals surface area contributed by atoms with E-state index in [1.807, 2.05) is 12.1 Å². The van der Waals surface area contributed by atoms with E-state index in [4.69, 9.17) is 4.98 Å². The van der Waals surface area contributed by atoms with Crippen LogP contribution in [0.25, 0.3) is 33.9 Å². The molecule has 0 spiro atoms. The minimum absolute atomic E-state index is 0.396. The van der Waals surface area contributed by atoms with Gasteiger partial charge in [0.25, 0.3) is 0 Å². The van der Waals surface area contributed by atoms with Crippen molar-refractivity contribution in [1.82, 2.24) is 9.97 Å². The normalized spacial score (nSPS) is 13.4. The Labute approximate surface area is 297 Å². The van der Waals surface area contributed by atoms with E-state index in [0.29, 0.717) is 0 Å². The first kappa shape index (κ1) is 30.2. The average molecular weight is 751 g/mol. The molecule has 1 aliphatic rings. The number of imidazole rings is 1. The van der Waals surface area contributed by atoms with E-state index in [9.17, 15) is 0 Å². The summed E-state index contributed by atoms with van der Waals surface area (Å²) in [5.74, 6) is 0.818. The van der Waals surface area contributed by atoms with Crippen LogP contribution < -0.4 is 9.80 Å². The lowest BCUT2D eigenvalue weighted by Gasteiger charge is -2.34. The molecule has 0 saturated heterocycles. The first-order chi connectivity index (χ1) is 23.7. The van der Waals surface area contributed by atoms with Crippen LogP contribution in [0.2, 0.25) is 0 Å². The molecule has 0 aliphatic carbocycles. The molecule has 0 amide bonds. The number of aromatic amines is 1. The van der Waals surface area contributed by atoms with E-state index in [1.54, 1.807) is 0 Å². The third kappa shape index (κ3) is 5.47. The number of para-hydroxylation sites is 2. The smallest absolute Gasteiger partial charge is 0.170 e. The van der Waals surface area contributed by atoms with Crippen LogP contribution in [-0.4, -0.2) is 9.97 Å². The fourth-order valence-corrected chi connectivity index (χ4v) is 7.46. The van der Waals surface area contributed by atoms with Gasteiger partial charge in [-0.25, -0.2) is 4.98 Å². The lowest BCUT2D eigenvalue weighted by Crippen LogP contribution is -2.34. The Balaban J connectivity index is 1.48. The van der Waals surface area contributed by atoms with Gasteiger partial charge in [0.1, 0.15) is 0 Å². The van der Waals surface area contributed by atoms with Gasteiger partial charge in [-0.1, -0.05) is 146 Å². The predicted molar refractivity (Wildman–Crippen MR) is 205 cm³/mol. The van der Waals surface area contributed by atoms with Crippen LogP contribution in [0, 0.1) is 0 Å². The van der Waals surface area contributed by atoms with Crippen molar-refractivity contribution >= 4 is 54.6 Å². The van der Waals surface area contributed by atoms with Gasteiger partial charge in [-0.3, -0.25) is 0 Å². The van der Waals surface area contributed by atoms with E-state index < -0.39 is 6.17 Å². The molecule has 6 aromatic carbocycles. The fraction of sp³-hybridized carbons (Fsp3) is 0.0238. The monoisotopic (exact) mass is 748 g/mol. The Hall–Kier alpha value is -5.17. The molecular formula is C42H30Br2N4. The molecule has 232 valence electrons. The molecule has 1 N–H and O–H groups in total. The fourth-order valence-electron chi connectivity index (χ4n) is 6.51. The topological polar surface area (TPSA) is 35.2 Å². The summed E-state index contributed by atoms with van der Waals surface area (Å²) >= 11 is 7.89. The van der Waals surface area contributed by atoms with Crippen LogP contribution in [0.3, 0.4) is 0 Å². The molecule has 0 unspecified atom stereocenters. The lowest BCUT2D eigenvalue weighted by atomic mass is 10.0. The molecule has 2 heterocycles. The van der Waals surface area contributed by atoms with Gasteiger partial charge in [0.05, 0.1) is 34.2 Å². The minimum atomic E-state index is -0.396. The Bertz CT molecular complexity index is 2060. The van der Waals surface area contributed by atoms with Gasteiger partial charge < -0.3 is 14.8 Å². The van der Waals surface area contributed by atoms with Crippen LogP contribution in [0.15, 0.2) is 179 Å². The Kier molecular flexibility index (Phi) is 8.27. The molecule has 0 bridgehead atoms. The number of rotatable bonds is 7. The van der Waals surface area contributed by atoms with Crippen LogP contribution >= 0.6 is 31.9 Å². The number of anilines is 2. The molecule has 1 aromatic heterocycles. The largest absolute Gasteiger partial charge is 0.338 e. The standard InChI is InChI=1S/C42H30Br2N4/c43-33-25-13-15-27-35(33)47-39(31-21-9-3-10-22-31)40(32-23-11-4-12-24-32)48(36-28-16-14-26-34(36)44)42(47)41-45-37(29-17-5-1-6-18-29)38(46-41)30-19-7-2-8-20-30/h1-28,42H,(H,45,46). The Morgan fingerprint density at radius 2 is 0.812 bits per heavy atom. The first-order valence-electron chi connectivity index (χ1n) is 15.8. The van der Waals surface area contributed by atoms with Gasteiger partial charge >= 0.3 is 0 Å². The third-order valence-electron chi connectivity index (χ3n) is 8.59. The zero-order chi connectivity index (χ0) is 32.5. The van der Waals surface area contributed by atoms with Crippen LogP contribution in [0.5, 0.6) is 0 Å². The zero-order valence-electron chi connectivity index (χ0n) is 25.8. The molecule has 0 saturated carbocycles. The summed E-state index contributed by atoms with van der Waals surface area (Å²) in [5.41, 5.74) is 10.4. The van der Waals surface area contributed by atoms with Gasteiger partial charge in [-0.2, -0.15) is 0 Å². The highest BCUT2D eigenvalue weighted by atomic mass is 79.9. The molecule has 8 rings (SSSR count). The highest BCUT2D eigenvalue weighted by Crippen LogP contribution is 2.54. The summed E-state index contributed by atoms with van der Waals surface area (Å²) in [7, 11) is 0. The van der Waals surface area contributed by atoms with Crippen molar-refractivity contribution in [2.45, 2.75) is 6.17 Å². The molecular weight excluding hydrogens is 720 g/mol. The number of nitrogens with zero attached hydrogens (tertiary/aromatic N) is 3. The predicted octanol–water partition coefficient (Wildman–Crippen LogP) is 11.8. The zero-order valence-corrected chi connectivity index (χ0v) is 29.0. The molecule has 6 heteroatoms. The summed E-state index contributed by atoms with van der Waals surface area (Å²) in [6, 6.07) is 59.1. The molecule has 0 fully saturated rings. The number of halogens is 2. The summed E-state index contributed by atoms with van der Waals surface area (Å²) < 4.78 is 1.98. The van der Waals surface area contributed by atoms with Crippen LogP contribution in [0.1, 0.15) is 23.1 Å². The Morgan fingerprint density at radius 3 is 1.25 bits per heavy atom. The quantitative estimate of drug-likeness (QED) is 0.176. The maximum Gasteiger partial charge on any atom is 0.170 e.